The molecule has 1 unspecified atom stereocenters. The molecule has 0 saturated heterocycles. The predicted molar refractivity (Wildman–Crippen MR) is 61.0 cm³/mol. The zero-order chi connectivity index (χ0) is 11.6. The summed E-state index contributed by atoms with van der Waals surface area (Å²) in [5.74, 6) is 0.0672. The molecule has 2 N–H and O–H groups in total. The summed E-state index contributed by atoms with van der Waals surface area (Å²) in [6.45, 7) is 1.69. The lowest BCUT2D eigenvalue weighted by molar-refractivity contribution is 0.0871. The Morgan fingerprint density at radius 2 is 1.88 bits per heavy atom. The van der Waals surface area contributed by atoms with Crippen molar-refractivity contribution in [3.05, 3.63) is 60.1 Å². The zero-order valence-corrected chi connectivity index (χ0v) is 9.01. The van der Waals surface area contributed by atoms with Crippen LogP contribution < -0.4 is 5.73 Å². The Balaban J connectivity index is 2.36. The first kappa shape index (κ1) is 10.6. The van der Waals surface area contributed by atoms with Crippen LogP contribution in [0.4, 0.5) is 0 Å². The Morgan fingerprint density at radius 3 is 2.44 bits per heavy atom. The second-order valence-electron chi connectivity index (χ2n) is 3.87. The summed E-state index contributed by atoms with van der Waals surface area (Å²) in [7, 11) is 0. The number of Topliss-reactive ketones (excluding diaryl/α,β-unsaturated/α-hetero) is 1. The molecule has 1 aromatic carbocycles. The molecule has 0 fully saturated rings. The fourth-order valence-electron chi connectivity index (χ4n) is 1.58. The highest BCUT2D eigenvalue weighted by atomic mass is 16.3. The molecule has 2 rings (SSSR count). The minimum atomic E-state index is -1.06. The van der Waals surface area contributed by atoms with Crippen molar-refractivity contribution in [3.8, 4) is 0 Å². The quantitative estimate of drug-likeness (QED) is 0.799. The van der Waals surface area contributed by atoms with Crippen molar-refractivity contribution >= 4 is 5.78 Å². The lowest BCUT2D eigenvalue weighted by Gasteiger charge is -2.22. The lowest BCUT2D eigenvalue weighted by Crippen LogP contribution is -2.41. The van der Waals surface area contributed by atoms with Crippen LogP contribution in [0.15, 0.2) is 53.1 Å². The van der Waals surface area contributed by atoms with Gasteiger partial charge >= 0.3 is 0 Å². The van der Waals surface area contributed by atoms with Crippen molar-refractivity contribution in [1.29, 1.82) is 0 Å². The van der Waals surface area contributed by atoms with E-state index in [1.54, 1.807) is 19.1 Å². The molecule has 0 bridgehead atoms. The Bertz CT molecular complexity index is 472. The van der Waals surface area contributed by atoms with E-state index in [4.69, 9.17) is 10.2 Å². The van der Waals surface area contributed by atoms with Gasteiger partial charge in [-0.1, -0.05) is 30.3 Å². The molecule has 3 heteroatoms. The number of ketones is 1. The standard InChI is InChI=1S/C13H13NO2/c1-13(14,10-6-3-2-4-7-10)12(15)11-8-5-9-16-11/h2-9H,14H2,1H3. The van der Waals surface area contributed by atoms with E-state index in [0.717, 1.165) is 5.56 Å². The first-order valence-corrected chi connectivity index (χ1v) is 5.05. The van der Waals surface area contributed by atoms with Crippen molar-refractivity contribution in [2.24, 2.45) is 5.73 Å². The summed E-state index contributed by atoms with van der Waals surface area (Å²) < 4.78 is 5.07. The van der Waals surface area contributed by atoms with Crippen molar-refractivity contribution < 1.29 is 9.21 Å². The van der Waals surface area contributed by atoms with Crippen LogP contribution >= 0.6 is 0 Å². The Hall–Kier alpha value is -1.87. The van der Waals surface area contributed by atoms with Crippen molar-refractivity contribution in [2.45, 2.75) is 12.5 Å². The van der Waals surface area contributed by atoms with E-state index in [-0.39, 0.29) is 11.5 Å². The first-order chi connectivity index (χ1) is 7.62. The number of rotatable bonds is 3. The van der Waals surface area contributed by atoms with Crippen LogP contribution in [0.5, 0.6) is 0 Å². The Labute approximate surface area is 93.9 Å². The fourth-order valence-corrected chi connectivity index (χ4v) is 1.58. The SMILES string of the molecule is CC(N)(C(=O)c1ccco1)c1ccccc1. The van der Waals surface area contributed by atoms with Crippen LogP contribution in [0.2, 0.25) is 0 Å². The highest BCUT2D eigenvalue weighted by molar-refractivity contribution is 6.01. The first-order valence-electron chi connectivity index (χ1n) is 5.05. The minimum Gasteiger partial charge on any atom is -0.461 e. The molecule has 0 aliphatic heterocycles. The summed E-state index contributed by atoms with van der Waals surface area (Å²) >= 11 is 0. The smallest absolute Gasteiger partial charge is 0.221 e. The van der Waals surface area contributed by atoms with Gasteiger partial charge in [0.15, 0.2) is 5.76 Å². The minimum absolute atomic E-state index is 0.219. The third kappa shape index (κ3) is 1.77. The molecule has 0 radical (unpaired) electrons. The highest BCUT2D eigenvalue weighted by Gasteiger charge is 2.32. The molecule has 0 aliphatic carbocycles. The average molecular weight is 215 g/mol. The molecule has 1 aromatic heterocycles. The molecule has 2 aromatic rings. The molecule has 0 saturated carbocycles. The number of carbonyl (C=O) groups excluding carboxylic acids is 1. The lowest BCUT2D eigenvalue weighted by atomic mass is 9.88. The zero-order valence-electron chi connectivity index (χ0n) is 9.01. The van der Waals surface area contributed by atoms with Crippen LogP contribution in [0.25, 0.3) is 0 Å². The number of hydrogen-bond acceptors (Lipinski definition) is 3. The maximum absolute atomic E-state index is 12.1. The summed E-state index contributed by atoms with van der Waals surface area (Å²) in [5.41, 5.74) is 5.78. The largest absolute Gasteiger partial charge is 0.461 e. The highest BCUT2D eigenvalue weighted by Crippen LogP contribution is 2.22. The summed E-state index contributed by atoms with van der Waals surface area (Å²) in [6.07, 6.45) is 1.47. The summed E-state index contributed by atoms with van der Waals surface area (Å²) in [5, 5.41) is 0. The molecule has 1 atom stereocenters. The van der Waals surface area contributed by atoms with Crippen LogP contribution in [-0.2, 0) is 5.54 Å². The average Bonchev–Trinajstić information content (AvgIpc) is 2.82. The van der Waals surface area contributed by atoms with Gasteiger partial charge in [0.05, 0.1) is 6.26 Å². The van der Waals surface area contributed by atoms with Gasteiger partial charge in [-0.15, -0.1) is 0 Å². The molecule has 0 spiro atoms. The van der Waals surface area contributed by atoms with Crippen LogP contribution in [0, 0.1) is 0 Å². The van der Waals surface area contributed by atoms with Gasteiger partial charge in [0, 0.05) is 0 Å². The fraction of sp³-hybridized carbons (Fsp3) is 0.154. The second kappa shape index (κ2) is 3.94. The van der Waals surface area contributed by atoms with Gasteiger partial charge in [0.25, 0.3) is 0 Å². The van der Waals surface area contributed by atoms with Gasteiger partial charge in [0.1, 0.15) is 5.54 Å². The van der Waals surface area contributed by atoms with Gasteiger partial charge in [-0.2, -0.15) is 0 Å². The monoisotopic (exact) mass is 215 g/mol. The molecule has 0 aliphatic rings. The number of benzene rings is 1. The van der Waals surface area contributed by atoms with Gasteiger partial charge in [0.2, 0.25) is 5.78 Å². The van der Waals surface area contributed by atoms with Crippen LogP contribution in [0.1, 0.15) is 23.0 Å². The van der Waals surface area contributed by atoms with E-state index >= 15 is 0 Å². The number of nitrogens with two attached hydrogens (primary N) is 1. The van der Waals surface area contributed by atoms with Crippen molar-refractivity contribution in [2.75, 3.05) is 0 Å². The van der Waals surface area contributed by atoms with E-state index < -0.39 is 5.54 Å². The van der Waals surface area contributed by atoms with E-state index in [9.17, 15) is 4.79 Å². The maximum Gasteiger partial charge on any atom is 0.221 e. The number of furan rings is 1. The summed E-state index contributed by atoms with van der Waals surface area (Å²) in [6, 6.07) is 12.6. The number of hydrogen-bond donors (Lipinski definition) is 1. The normalized spacial score (nSPS) is 14.4. The predicted octanol–water partition coefficient (Wildman–Crippen LogP) is 2.34. The molecule has 3 nitrogen and oxygen atoms in total. The van der Waals surface area contributed by atoms with Crippen molar-refractivity contribution in [3.63, 3.8) is 0 Å². The van der Waals surface area contributed by atoms with E-state index in [0.29, 0.717) is 0 Å². The van der Waals surface area contributed by atoms with Gasteiger partial charge in [-0.05, 0) is 24.6 Å². The molecular formula is C13H13NO2. The third-order valence-corrected chi connectivity index (χ3v) is 2.59. The Morgan fingerprint density at radius 1 is 1.19 bits per heavy atom. The Kier molecular flexibility index (Phi) is 2.62. The van der Waals surface area contributed by atoms with Gasteiger partial charge in [-0.3, -0.25) is 4.79 Å². The number of carbonyl (C=O) groups is 1. The molecule has 82 valence electrons. The van der Waals surface area contributed by atoms with E-state index in [1.165, 1.54) is 6.26 Å². The maximum atomic E-state index is 12.1. The third-order valence-electron chi connectivity index (χ3n) is 2.59. The van der Waals surface area contributed by atoms with Crippen LogP contribution in [0.3, 0.4) is 0 Å². The molecule has 16 heavy (non-hydrogen) atoms. The molecular weight excluding hydrogens is 202 g/mol. The summed E-state index contributed by atoms with van der Waals surface area (Å²) in [4.78, 5) is 12.1. The molecule has 0 amide bonds. The van der Waals surface area contributed by atoms with Crippen LogP contribution in [-0.4, -0.2) is 5.78 Å². The second-order valence-corrected chi connectivity index (χ2v) is 3.87. The van der Waals surface area contributed by atoms with Gasteiger partial charge in [-0.25, -0.2) is 0 Å². The van der Waals surface area contributed by atoms with Gasteiger partial charge < -0.3 is 10.2 Å². The molecule has 1 heterocycles. The van der Waals surface area contributed by atoms with E-state index in [1.807, 2.05) is 30.3 Å². The van der Waals surface area contributed by atoms with E-state index in [2.05, 4.69) is 0 Å². The van der Waals surface area contributed by atoms with Crippen molar-refractivity contribution in [1.82, 2.24) is 0 Å². The topological polar surface area (TPSA) is 56.2 Å².